The zero-order valence-corrected chi connectivity index (χ0v) is 22.0. The lowest BCUT2D eigenvalue weighted by Gasteiger charge is -2.27. The van der Waals surface area contributed by atoms with E-state index in [1.54, 1.807) is 36.4 Å². The topological polar surface area (TPSA) is 106 Å². The molecule has 1 atom stereocenters. The van der Waals surface area contributed by atoms with Crippen molar-refractivity contribution in [1.82, 2.24) is 9.62 Å². The molecule has 2 aromatic rings. The van der Waals surface area contributed by atoms with Crippen LogP contribution in [0, 0.1) is 0 Å². The molecule has 35 heavy (non-hydrogen) atoms. The number of sulfonamides is 1. The van der Waals surface area contributed by atoms with Gasteiger partial charge in [-0.25, -0.2) is 8.42 Å². The van der Waals surface area contributed by atoms with Gasteiger partial charge in [0.2, 0.25) is 21.7 Å². The van der Waals surface area contributed by atoms with Gasteiger partial charge in [-0.2, -0.15) is 4.31 Å². The average Bonchev–Trinajstić information content (AvgIpc) is 3.36. The Morgan fingerprint density at radius 1 is 0.943 bits per heavy atom. The largest absolute Gasteiger partial charge is 0.493 e. The molecule has 2 N–H and O–H groups in total. The number of nitrogens with one attached hydrogen (secondary N) is 2. The minimum absolute atomic E-state index is 0.230. The van der Waals surface area contributed by atoms with Crippen LogP contribution in [0.15, 0.2) is 41.3 Å². The van der Waals surface area contributed by atoms with Crippen LogP contribution in [-0.4, -0.2) is 58.6 Å². The van der Waals surface area contributed by atoms with Gasteiger partial charge in [-0.1, -0.05) is 0 Å². The Bertz CT molecular complexity index is 1110. The molecule has 0 aromatic heterocycles. The number of carbonyl (C=O) groups is 1. The number of rotatable bonds is 9. The van der Waals surface area contributed by atoms with Crippen LogP contribution >= 0.6 is 0 Å². The minimum atomic E-state index is -3.52. The van der Waals surface area contributed by atoms with Crippen molar-refractivity contribution in [1.29, 1.82) is 0 Å². The van der Waals surface area contributed by atoms with E-state index in [0.717, 1.165) is 12.8 Å². The second-order valence-electron chi connectivity index (χ2n) is 9.41. The summed E-state index contributed by atoms with van der Waals surface area (Å²) in [6, 6.07) is 9.06. The first-order valence-electron chi connectivity index (χ1n) is 11.5. The number of nitrogens with zero attached hydrogens (tertiary/aromatic N) is 1. The van der Waals surface area contributed by atoms with E-state index in [2.05, 4.69) is 10.6 Å². The average molecular weight is 506 g/mol. The summed E-state index contributed by atoms with van der Waals surface area (Å²) in [5.74, 6) is 0.999. The minimum Gasteiger partial charge on any atom is -0.493 e. The Balaban J connectivity index is 1.96. The van der Waals surface area contributed by atoms with Gasteiger partial charge in [0.05, 0.1) is 26.2 Å². The molecular formula is C25H35N3O6S. The maximum absolute atomic E-state index is 13.3. The molecule has 0 saturated carbocycles. The van der Waals surface area contributed by atoms with E-state index in [9.17, 15) is 13.2 Å². The highest BCUT2D eigenvalue weighted by Gasteiger charge is 2.29. The van der Waals surface area contributed by atoms with Crippen LogP contribution in [0.25, 0.3) is 0 Å². The predicted octanol–water partition coefficient (Wildman–Crippen LogP) is 3.56. The SMILES string of the molecule is COc1cc([C@@H](Nc2ccc(S(=O)(=O)N3CCCC3)cc2)C(=O)NC(C)(C)C)cc(OC)c1OC. The van der Waals surface area contributed by atoms with Crippen molar-refractivity contribution in [3.05, 3.63) is 42.0 Å². The number of ether oxygens (including phenoxy) is 3. The summed E-state index contributed by atoms with van der Waals surface area (Å²) in [6.45, 7) is 6.77. The molecule has 1 amide bonds. The molecule has 0 radical (unpaired) electrons. The summed E-state index contributed by atoms with van der Waals surface area (Å²) in [7, 11) is 1.02. The van der Waals surface area contributed by atoms with E-state index in [1.807, 2.05) is 20.8 Å². The molecule has 0 unspecified atom stereocenters. The van der Waals surface area contributed by atoms with Crippen molar-refractivity contribution in [2.75, 3.05) is 39.7 Å². The number of amides is 1. The van der Waals surface area contributed by atoms with Gasteiger partial charge in [-0.3, -0.25) is 4.79 Å². The molecule has 1 fully saturated rings. The second kappa shape index (κ2) is 10.7. The second-order valence-corrected chi connectivity index (χ2v) is 11.3. The number of hydrogen-bond donors (Lipinski definition) is 2. The molecule has 3 rings (SSSR count). The summed E-state index contributed by atoms with van der Waals surface area (Å²) in [5, 5.41) is 6.23. The van der Waals surface area contributed by atoms with Crippen molar-refractivity contribution in [2.45, 2.75) is 50.1 Å². The Morgan fingerprint density at radius 3 is 1.94 bits per heavy atom. The Kier molecular flexibility index (Phi) is 8.17. The standard InChI is InChI=1S/C25H35N3O6S/c1-25(2,3)27-24(29)22(17-15-20(32-4)23(34-6)21(16-17)33-5)26-18-9-11-19(12-10-18)35(30,31)28-13-7-8-14-28/h9-12,15-16,22,26H,7-8,13-14H2,1-6H3,(H,27,29)/t22-/m1/s1. The van der Waals surface area contributed by atoms with Gasteiger partial charge in [0.1, 0.15) is 6.04 Å². The first kappa shape index (κ1) is 26.6. The Labute approximate surface area is 207 Å². The van der Waals surface area contributed by atoms with Gasteiger partial charge in [-0.15, -0.1) is 0 Å². The molecule has 1 saturated heterocycles. The van der Waals surface area contributed by atoms with Gasteiger partial charge in [0, 0.05) is 24.3 Å². The zero-order chi connectivity index (χ0) is 25.8. The van der Waals surface area contributed by atoms with Gasteiger partial charge in [0.15, 0.2) is 11.5 Å². The summed E-state index contributed by atoms with van der Waals surface area (Å²) in [6.07, 6.45) is 1.75. The molecule has 1 heterocycles. The molecular weight excluding hydrogens is 470 g/mol. The van der Waals surface area contributed by atoms with Crippen LogP contribution in [0.2, 0.25) is 0 Å². The van der Waals surface area contributed by atoms with E-state index < -0.39 is 21.6 Å². The molecule has 10 heteroatoms. The number of hydrogen-bond acceptors (Lipinski definition) is 7. The molecule has 0 spiro atoms. The molecule has 0 bridgehead atoms. The third kappa shape index (κ3) is 6.18. The fourth-order valence-electron chi connectivity index (χ4n) is 3.98. The van der Waals surface area contributed by atoms with Crippen molar-refractivity contribution in [3.8, 4) is 17.2 Å². The van der Waals surface area contributed by atoms with Gasteiger partial charge in [-0.05, 0) is 75.6 Å². The highest BCUT2D eigenvalue weighted by Crippen LogP contribution is 2.40. The van der Waals surface area contributed by atoms with Crippen molar-refractivity contribution in [2.24, 2.45) is 0 Å². The summed E-state index contributed by atoms with van der Waals surface area (Å²) in [5.41, 5.74) is 0.717. The van der Waals surface area contributed by atoms with Crippen LogP contribution in [0.4, 0.5) is 5.69 Å². The van der Waals surface area contributed by atoms with Gasteiger partial charge in [0.25, 0.3) is 0 Å². The third-order valence-electron chi connectivity index (χ3n) is 5.65. The quantitative estimate of drug-likeness (QED) is 0.537. The van der Waals surface area contributed by atoms with E-state index in [1.165, 1.54) is 25.6 Å². The van der Waals surface area contributed by atoms with E-state index >= 15 is 0 Å². The van der Waals surface area contributed by atoms with Crippen LogP contribution < -0.4 is 24.8 Å². The first-order valence-corrected chi connectivity index (χ1v) is 12.9. The van der Waals surface area contributed by atoms with Gasteiger partial charge < -0.3 is 24.8 Å². The zero-order valence-electron chi connectivity index (χ0n) is 21.2. The summed E-state index contributed by atoms with van der Waals surface area (Å²) in [4.78, 5) is 13.6. The predicted molar refractivity (Wildman–Crippen MR) is 135 cm³/mol. The monoisotopic (exact) mass is 505 g/mol. The molecule has 2 aromatic carbocycles. The van der Waals surface area contributed by atoms with Gasteiger partial charge >= 0.3 is 0 Å². The smallest absolute Gasteiger partial charge is 0.247 e. The maximum atomic E-state index is 13.3. The highest BCUT2D eigenvalue weighted by molar-refractivity contribution is 7.89. The number of carbonyl (C=O) groups excluding carboxylic acids is 1. The fourth-order valence-corrected chi connectivity index (χ4v) is 5.49. The van der Waals surface area contributed by atoms with E-state index in [4.69, 9.17) is 14.2 Å². The Morgan fingerprint density at radius 2 is 1.49 bits per heavy atom. The number of benzene rings is 2. The van der Waals surface area contributed by atoms with Crippen LogP contribution in [0.5, 0.6) is 17.2 Å². The lowest BCUT2D eigenvalue weighted by atomic mass is 10.0. The van der Waals surface area contributed by atoms with Crippen molar-refractivity contribution >= 4 is 21.6 Å². The molecule has 1 aliphatic heterocycles. The van der Waals surface area contributed by atoms with Crippen molar-refractivity contribution < 1.29 is 27.4 Å². The lowest BCUT2D eigenvalue weighted by Crippen LogP contribution is -2.44. The molecule has 9 nitrogen and oxygen atoms in total. The lowest BCUT2D eigenvalue weighted by molar-refractivity contribution is -0.123. The number of anilines is 1. The van der Waals surface area contributed by atoms with E-state index in [0.29, 0.717) is 41.6 Å². The van der Waals surface area contributed by atoms with Crippen LogP contribution in [-0.2, 0) is 14.8 Å². The number of methoxy groups -OCH3 is 3. The normalized spacial score (nSPS) is 15.4. The summed E-state index contributed by atoms with van der Waals surface area (Å²) >= 11 is 0. The Hall–Kier alpha value is -2.98. The summed E-state index contributed by atoms with van der Waals surface area (Å²) < 4.78 is 43.6. The molecule has 192 valence electrons. The molecule has 1 aliphatic rings. The highest BCUT2D eigenvalue weighted by atomic mass is 32.2. The van der Waals surface area contributed by atoms with Crippen molar-refractivity contribution in [3.63, 3.8) is 0 Å². The van der Waals surface area contributed by atoms with E-state index in [-0.39, 0.29) is 10.8 Å². The fraction of sp³-hybridized carbons (Fsp3) is 0.480. The van der Waals surface area contributed by atoms with Crippen LogP contribution in [0.1, 0.15) is 45.2 Å². The third-order valence-corrected chi connectivity index (χ3v) is 7.56. The van der Waals surface area contributed by atoms with Crippen LogP contribution in [0.3, 0.4) is 0 Å². The first-order chi connectivity index (χ1) is 16.5. The maximum Gasteiger partial charge on any atom is 0.247 e. The molecule has 0 aliphatic carbocycles.